The third-order valence-corrected chi connectivity index (χ3v) is 1.91. The summed E-state index contributed by atoms with van der Waals surface area (Å²) in [6, 6.07) is 5.78. The molecule has 1 aromatic carbocycles. The number of rotatable bonds is 2. The van der Waals surface area contributed by atoms with Crippen molar-refractivity contribution in [2.45, 2.75) is 12.2 Å². The fourth-order valence-corrected chi connectivity index (χ4v) is 1.24. The molecule has 68 valence electrons. The number of hydrogen-bond donors (Lipinski definition) is 1. The smallest absolute Gasteiger partial charge is 0.335 e. The van der Waals surface area contributed by atoms with Crippen LogP contribution in [0.5, 0.6) is 0 Å². The molecular weight excluding hydrogens is 175 g/mol. The average molecular weight is 182 g/mol. The number of ether oxygens (including phenoxy) is 1. The van der Waals surface area contributed by atoms with E-state index >= 15 is 0 Å². The van der Waals surface area contributed by atoms with Crippen molar-refractivity contribution in [3.63, 3.8) is 0 Å². The largest absolute Gasteiger partial charge is 0.479 e. The van der Waals surface area contributed by atoms with Gasteiger partial charge >= 0.3 is 5.97 Å². The minimum absolute atomic E-state index is 0.378. The lowest BCUT2D eigenvalue weighted by Crippen LogP contribution is -2.04. The standard InChI is InChI=1S/C9H7FO3/c10-6-3-1-2-5(4-6)7-8(13-7)9(11)12/h1-4,7-8H,(H,11,12)/t7?,8-/m0/s1. The minimum atomic E-state index is -1.01. The Morgan fingerprint density at radius 3 is 2.85 bits per heavy atom. The Balaban J connectivity index is 2.16. The number of benzene rings is 1. The second kappa shape index (κ2) is 2.81. The summed E-state index contributed by atoms with van der Waals surface area (Å²) in [6.45, 7) is 0. The first kappa shape index (κ1) is 8.19. The van der Waals surface area contributed by atoms with E-state index < -0.39 is 18.2 Å². The third kappa shape index (κ3) is 1.53. The van der Waals surface area contributed by atoms with E-state index in [2.05, 4.69) is 0 Å². The minimum Gasteiger partial charge on any atom is -0.479 e. The molecule has 0 radical (unpaired) electrons. The molecule has 0 amide bonds. The van der Waals surface area contributed by atoms with Crippen LogP contribution in [0.2, 0.25) is 0 Å². The van der Waals surface area contributed by atoms with Crippen LogP contribution in [0.25, 0.3) is 0 Å². The molecule has 1 aromatic rings. The van der Waals surface area contributed by atoms with Crippen LogP contribution in [0, 0.1) is 5.82 Å². The van der Waals surface area contributed by atoms with Gasteiger partial charge in [-0.15, -0.1) is 0 Å². The van der Waals surface area contributed by atoms with Gasteiger partial charge in [-0.05, 0) is 17.7 Å². The molecule has 1 aliphatic rings. The number of carbonyl (C=O) groups is 1. The summed E-state index contributed by atoms with van der Waals surface area (Å²) in [5, 5.41) is 8.54. The highest BCUT2D eigenvalue weighted by Crippen LogP contribution is 2.38. The monoisotopic (exact) mass is 182 g/mol. The van der Waals surface area contributed by atoms with Crippen LogP contribution in [-0.4, -0.2) is 17.2 Å². The maximum atomic E-state index is 12.7. The first-order valence-electron chi connectivity index (χ1n) is 3.82. The average Bonchev–Trinajstić information content (AvgIpc) is 2.82. The summed E-state index contributed by atoms with van der Waals surface area (Å²) in [4.78, 5) is 10.4. The molecule has 0 saturated carbocycles. The van der Waals surface area contributed by atoms with Crippen LogP contribution in [0.15, 0.2) is 24.3 Å². The molecule has 2 atom stereocenters. The second-order valence-corrected chi connectivity index (χ2v) is 2.87. The van der Waals surface area contributed by atoms with Gasteiger partial charge < -0.3 is 9.84 Å². The van der Waals surface area contributed by atoms with Gasteiger partial charge in [0.1, 0.15) is 11.9 Å². The zero-order chi connectivity index (χ0) is 9.42. The lowest BCUT2D eigenvalue weighted by molar-refractivity contribution is -0.138. The van der Waals surface area contributed by atoms with Gasteiger partial charge in [-0.1, -0.05) is 12.1 Å². The Bertz CT molecular complexity index is 350. The molecule has 1 saturated heterocycles. The molecule has 2 rings (SSSR count). The van der Waals surface area contributed by atoms with Crippen molar-refractivity contribution >= 4 is 5.97 Å². The van der Waals surface area contributed by atoms with Crippen molar-refractivity contribution in [2.75, 3.05) is 0 Å². The summed E-state index contributed by atoms with van der Waals surface area (Å²) in [7, 11) is 0. The predicted octanol–water partition coefficient (Wildman–Crippen LogP) is 1.35. The maximum absolute atomic E-state index is 12.7. The normalized spacial score (nSPS) is 25.6. The van der Waals surface area contributed by atoms with Crippen LogP contribution in [0.1, 0.15) is 11.7 Å². The lowest BCUT2D eigenvalue weighted by atomic mass is 10.1. The SMILES string of the molecule is O=C(O)[C@H]1OC1c1cccc(F)c1. The third-order valence-electron chi connectivity index (χ3n) is 1.91. The van der Waals surface area contributed by atoms with Gasteiger partial charge in [0.25, 0.3) is 0 Å². The van der Waals surface area contributed by atoms with Crippen LogP contribution < -0.4 is 0 Å². The van der Waals surface area contributed by atoms with E-state index in [9.17, 15) is 9.18 Å². The first-order chi connectivity index (χ1) is 6.18. The van der Waals surface area contributed by atoms with E-state index in [0.717, 1.165) is 0 Å². The van der Waals surface area contributed by atoms with E-state index in [1.54, 1.807) is 6.07 Å². The Morgan fingerprint density at radius 1 is 1.54 bits per heavy atom. The molecule has 1 aliphatic heterocycles. The molecule has 0 aromatic heterocycles. The topological polar surface area (TPSA) is 49.8 Å². The van der Waals surface area contributed by atoms with Gasteiger partial charge in [0, 0.05) is 0 Å². The van der Waals surface area contributed by atoms with E-state index in [4.69, 9.17) is 9.84 Å². The second-order valence-electron chi connectivity index (χ2n) is 2.87. The van der Waals surface area contributed by atoms with Crippen molar-refractivity contribution in [3.8, 4) is 0 Å². The molecule has 0 aliphatic carbocycles. The Morgan fingerprint density at radius 2 is 2.31 bits per heavy atom. The number of epoxide rings is 1. The Kier molecular flexibility index (Phi) is 1.77. The van der Waals surface area contributed by atoms with Crippen molar-refractivity contribution < 1.29 is 19.0 Å². The molecule has 13 heavy (non-hydrogen) atoms. The highest BCUT2D eigenvalue weighted by Gasteiger charge is 2.46. The number of aliphatic carboxylic acids is 1. The Hall–Kier alpha value is -1.42. The van der Waals surface area contributed by atoms with Gasteiger partial charge in [0.05, 0.1) is 0 Å². The highest BCUT2D eigenvalue weighted by atomic mass is 19.1. The highest BCUT2D eigenvalue weighted by molar-refractivity contribution is 5.76. The molecule has 1 N–H and O–H groups in total. The van der Waals surface area contributed by atoms with Crippen LogP contribution >= 0.6 is 0 Å². The predicted molar refractivity (Wildman–Crippen MR) is 41.6 cm³/mol. The molecule has 3 nitrogen and oxygen atoms in total. The van der Waals surface area contributed by atoms with Gasteiger partial charge in [-0.3, -0.25) is 0 Å². The van der Waals surface area contributed by atoms with Gasteiger partial charge in [-0.2, -0.15) is 0 Å². The van der Waals surface area contributed by atoms with E-state index in [1.165, 1.54) is 18.2 Å². The quantitative estimate of drug-likeness (QED) is 0.702. The van der Waals surface area contributed by atoms with Crippen molar-refractivity contribution in [2.24, 2.45) is 0 Å². The first-order valence-corrected chi connectivity index (χ1v) is 3.82. The zero-order valence-electron chi connectivity index (χ0n) is 6.61. The number of carboxylic acid groups (broad SMARTS) is 1. The number of halogens is 1. The number of hydrogen-bond acceptors (Lipinski definition) is 2. The molecule has 0 bridgehead atoms. The van der Waals surface area contributed by atoms with Crippen LogP contribution in [0.4, 0.5) is 4.39 Å². The zero-order valence-corrected chi connectivity index (χ0v) is 6.61. The molecule has 1 unspecified atom stereocenters. The van der Waals surface area contributed by atoms with Gasteiger partial charge in [0.15, 0.2) is 6.10 Å². The van der Waals surface area contributed by atoms with Crippen molar-refractivity contribution in [3.05, 3.63) is 35.6 Å². The van der Waals surface area contributed by atoms with Crippen LogP contribution in [-0.2, 0) is 9.53 Å². The fourth-order valence-electron chi connectivity index (χ4n) is 1.24. The van der Waals surface area contributed by atoms with Crippen LogP contribution in [0.3, 0.4) is 0 Å². The Labute approximate surface area is 73.8 Å². The summed E-state index contributed by atoms with van der Waals surface area (Å²) in [6.07, 6.45) is -1.28. The summed E-state index contributed by atoms with van der Waals surface area (Å²) in [5.41, 5.74) is 0.576. The van der Waals surface area contributed by atoms with Crippen molar-refractivity contribution in [1.82, 2.24) is 0 Å². The van der Waals surface area contributed by atoms with Crippen molar-refractivity contribution in [1.29, 1.82) is 0 Å². The summed E-state index contributed by atoms with van der Waals surface area (Å²) >= 11 is 0. The van der Waals surface area contributed by atoms with E-state index in [-0.39, 0.29) is 5.82 Å². The molecule has 0 spiro atoms. The summed E-state index contributed by atoms with van der Waals surface area (Å²) < 4.78 is 17.5. The van der Waals surface area contributed by atoms with E-state index in [1.807, 2.05) is 0 Å². The van der Waals surface area contributed by atoms with Gasteiger partial charge in [0.2, 0.25) is 0 Å². The summed E-state index contributed by atoms with van der Waals surface area (Å²) in [5.74, 6) is -1.38. The fraction of sp³-hybridized carbons (Fsp3) is 0.222. The molecule has 4 heteroatoms. The van der Waals surface area contributed by atoms with E-state index in [0.29, 0.717) is 5.56 Å². The lowest BCUT2D eigenvalue weighted by Gasteiger charge is -1.93. The molecule has 1 fully saturated rings. The van der Waals surface area contributed by atoms with Gasteiger partial charge in [-0.25, -0.2) is 9.18 Å². The molecule has 1 heterocycles. The molecular formula is C9H7FO3. The maximum Gasteiger partial charge on any atom is 0.335 e. The number of carboxylic acids is 1.